The number of nitrogens with zero attached hydrogens (tertiary/aromatic N) is 1. The first-order valence-corrected chi connectivity index (χ1v) is 8.46. The molecule has 0 amide bonds. The lowest BCUT2D eigenvalue weighted by Crippen LogP contribution is -2.07. The molecular weight excluding hydrogens is 350 g/mol. The highest BCUT2D eigenvalue weighted by atomic mass is 79.9. The Balaban J connectivity index is 1.63. The van der Waals surface area contributed by atoms with Crippen LogP contribution in [0.2, 0.25) is 0 Å². The smallest absolute Gasteiger partial charge is 0.119 e. The largest absolute Gasteiger partial charge is 0.492 e. The van der Waals surface area contributed by atoms with Crippen LogP contribution in [0.15, 0.2) is 77.3 Å². The van der Waals surface area contributed by atoms with E-state index in [-0.39, 0.29) is 0 Å². The maximum atomic E-state index is 5.89. The van der Waals surface area contributed by atoms with Gasteiger partial charge in [0.05, 0.1) is 6.54 Å². The molecule has 0 aliphatic carbocycles. The van der Waals surface area contributed by atoms with E-state index in [1.165, 1.54) is 21.8 Å². The van der Waals surface area contributed by atoms with Gasteiger partial charge < -0.3 is 9.30 Å². The van der Waals surface area contributed by atoms with Crippen LogP contribution in [0.25, 0.3) is 21.8 Å². The molecule has 0 spiro atoms. The third-order valence-electron chi connectivity index (χ3n) is 4.08. The highest BCUT2D eigenvalue weighted by Crippen LogP contribution is 2.28. The van der Waals surface area contributed by atoms with Gasteiger partial charge in [-0.3, -0.25) is 0 Å². The molecule has 3 aromatic carbocycles. The van der Waals surface area contributed by atoms with E-state index in [9.17, 15) is 0 Å². The van der Waals surface area contributed by atoms with Gasteiger partial charge in [-0.25, -0.2) is 0 Å². The first kappa shape index (κ1) is 14.3. The Morgan fingerprint density at radius 1 is 0.739 bits per heavy atom. The fourth-order valence-corrected chi connectivity index (χ4v) is 3.29. The monoisotopic (exact) mass is 365 g/mol. The number of halogens is 1. The first-order chi connectivity index (χ1) is 11.3. The van der Waals surface area contributed by atoms with Gasteiger partial charge in [0.25, 0.3) is 0 Å². The van der Waals surface area contributed by atoms with Crippen molar-refractivity contribution >= 4 is 37.7 Å². The molecule has 4 aromatic rings. The second kappa shape index (κ2) is 6.09. The van der Waals surface area contributed by atoms with E-state index in [4.69, 9.17) is 4.74 Å². The lowest BCUT2D eigenvalue weighted by atomic mass is 10.2. The number of para-hydroxylation sites is 2. The van der Waals surface area contributed by atoms with E-state index in [1.54, 1.807) is 0 Å². The molecule has 0 bridgehead atoms. The topological polar surface area (TPSA) is 14.2 Å². The second-order valence-corrected chi connectivity index (χ2v) is 6.40. The minimum Gasteiger partial charge on any atom is -0.492 e. The van der Waals surface area contributed by atoms with Crippen molar-refractivity contribution in [3.05, 3.63) is 77.3 Å². The SMILES string of the molecule is Brc1ccc(OCCn2c3ccccc3c3ccccc32)cc1. The minimum atomic E-state index is 0.643. The van der Waals surface area contributed by atoms with Crippen LogP contribution < -0.4 is 4.74 Å². The van der Waals surface area contributed by atoms with Crippen molar-refractivity contribution in [1.29, 1.82) is 0 Å². The van der Waals surface area contributed by atoms with E-state index < -0.39 is 0 Å². The highest BCUT2D eigenvalue weighted by Gasteiger charge is 2.09. The molecule has 0 radical (unpaired) electrons. The quantitative estimate of drug-likeness (QED) is 0.456. The number of aromatic nitrogens is 1. The molecule has 2 nitrogen and oxygen atoms in total. The lowest BCUT2D eigenvalue weighted by Gasteiger charge is -2.09. The molecule has 114 valence electrons. The Morgan fingerprint density at radius 2 is 1.30 bits per heavy atom. The van der Waals surface area contributed by atoms with E-state index in [1.807, 2.05) is 24.3 Å². The van der Waals surface area contributed by atoms with E-state index in [0.717, 1.165) is 16.8 Å². The maximum absolute atomic E-state index is 5.89. The van der Waals surface area contributed by atoms with Crippen molar-refractivity contribution in [2.45, 2.75) is 6.54 Å². The molecule has 1 heterocycles. The number of hydrogen-bond acceptors (Lipinski definition) is 1. The summed E-state index contributed by atoms with van der Waals surface area (Å²) < 4.78 is 9.29. The van der Waals surface area contributed by atoms with Crippen LogP contribution in [0.3, 0.4) is 0 Å². The van der Waals surface area contributed by atoms with Gasteiger partial charge in [-0.15, -0.1) is 0 Å². The summed E-state index contributed by atoms with van der Waals surface area (Å²) in [6.45, 7) is 1.47. The van der Waals surface area contributed by atoms with Crippen molar-refractivity contribution in [2.24, 2.45) is 0 Å². The fraction of sp³-hybridized carbons (Fsp3) is 0.100. The zero-order valence-electron chi connectivity index (χ0n) is 12.6. The average molecular weight is 366 g/mol. The average Bonchev–Trinajstić information content (AvgIpc) is 2.91. The summed E-state index contributed by atoms with van der Waals surface area (Å²) in [5.74, 6) is 0.897. The normalized spacial score (nSPS) is 11.2. The molecule has 0 aliphatic rings. The van der Waals surface area contributed by atoms with Crippen LogP contribution in [0.4, 0.5) is 0 Å². The lowest BCUT2D eigenvalue weighted by molar-refractivity contribution is 0.302. The molecule has 1 aromatic heterocycles. The third-order valence-corrected chi connectivity index (χ3v) is 4.61. The number of ether oxygens (including phenoxy) is 1. The summed E-state index contributed by atoms with van der Waals surface area (Å²) in [6.07, 6.45) is 0. The van der Waals surface area contributed by atoms with Gasteiger partial charge >= 0.3 is 0 Å². The van der Waals surface area contributed by atoms with Gasteiger partial charge in [-0.2, -0.15) is 0 Å². The Labute approximate surface area is 143 Å². The maximum Gasteiger partial charge on any atom is 0.119 e. The van der Waals surface area contributed by atoms with Gasteiger partial charge in [-0.05, 0) is 36.4 Å². The summed E-state index contributed by atoms with van der Waals surface area (Å²) >= 11 is 3.44. The number of benzene rings is 3. The summed E-state index contributed by atoms with van der Waals surface area (Å²) in [7, 11) is 0. The standard InChI is InChI=1S/C20H16BrNO/c21-15-9-11-16(12-10-15)23-14-13-22-19-7-3-1-5-17(19)18-6-2-4-8-20(18)22/h1-12H,13-14H2. The van der Waals surface area contributed by atoms with Crippen LogP contribution in [-0.4, -0.2) is 11.2 Å². The molecule has 0 saturated carbocycles. The Hall–Kier alpha value is -2.26. The van der Waals surface area contributed by atoms with Crippen molar-refractivity contribution in [2.75, 3.05) is 6.61 Å². The van der Waals surface area contributed by atoms with Gasteiger partial charge in [0.2, 0.25) is 0 Å². The predicted molar refractivity (Wildman–Crippen MR) is 99.1 cm³/mol. The molecule has 23 heavy (non-hydrogen) atoms. The minimum absolute atomic E-state index is 0.643. The van der Waals surface area contributed by atoms with Crippen LogP contribution in [0.5, 0.6) is 5.75 Å². The van der Waals surface area contributed by atoms with Crippen molar-refractivity contribution in [1.82, 2.24) is 4.57 Å². The van der Waals surface area contributed by atoms with Gasteiger partial charge in [0.15, 0.2) is 0 Å². The van der Waals surface area contributed by atoms with E-state index in [2.05, 4.69) is 69.0 Å². The number of fused-ring (bicyclic) bond motifs is 3. The molecule has 0 fully saturated rings. The molecular formula is C20H16BrNO. The third kappa shape index (κ3) is 2.73. The molecule has 0 N–H and O–H groups in total. The summed E-state index contributed by atoms with van der Waals surface area (Å²) in [6, 6.07) is 25.0. The first-order valence-electron chi connectivity index (χ1n) is 7.67. The molecule has 0 atom stereocenters. The summed E-state index contributed by atoms with van der Waals surface area (Å²) in [4.78, 5) is 0. The Kier molecular flexibility index (Phi) is 3.80. The fourth-order valence-electron chi connectivity index (χ4n) is 3.03. The zero-order chi connectivity index (χ0) is 15.6. The zero-order valence-corrected chi connectivity index (χ0v) is 14.2. The number of hydrogen-bond donors (Lipinski definition) is 0. The molecule has 0 aliphatic heterocycles. The van der Waals surface area contributed by atoms with E-state index in [0.29, 0.717) is 6.61 Å². The van der Waals surface area contributed by atoms with E-state index >= 15 is 0 Å². The summed E-state index contributed by atoms with van der Waals surface area (Å²) in [5.41, 5.74) is 2.52. The van der Waals surface area contributed by atoms with Crippen LogP contribution in [0.1, 0.15) is 0 Å². The van der Waals surface area contributed by atoms with Crippen molar-refractivity contribution < 1.29 is 4.74 Å². The highest BCUT2D eigenvalue weighted by molar-refractivity contribution is 9.10. The number of rotatable bonds is 4. The molecule has 0 saturated heterocycles. The second-order valence-electron chi connectivity index (χ2n) is 5.49. The predicted octanol–water partition coefficient (Wildman–Crippen LogP) is 5.64. The van der Waals surface area contributed by atoms with Crippen LogP contribution in [0, 0.1) is 0 Å². The van der Waals surface area contributed by atoms with Gasteiger partial charge in [-0.1, -0.05) is 52.3 Å². The van der Waals surface area contributed by atoms with Crippen LogP contribution in [-0.2, 0) is 6.54 Å². The van der Waals surface area contributed by atoms with Crippen LogP contribution >= 0.6 is 15.9 Å². The molecule has 3 heteroatoms. The summed E-state index contributed by atoms with van der Waals surface area (Å²) in [5, 5.41) is 2.60. The Bertz CT molecular complexity index is 903. The van der Waals surface area contributed by atoms with Gasteiger partial charge in [0.1, 0.15) is 12.4 Å². The molecule has 4 rings (SSSR count). The van der Waals surface area contributed by atoms with Gasteiger partial charge in [0, 0.05) is 26.3 Å². The molecule has 0 unspecified atom stereocenters. The van der Waals surface area contributed by atoms with Crippen molar-refractivity contribution in [3.8, 4) is 5.75 Å². The van der Waals surface area contributed by atoms with Crippen molar-refractivity contribution in [3.63, 3.8) is 0 Å². The Morgan fingerprint density at radius 3 is 1.91 bits per heavy atom.